The Labute approximate surface area is 191 Å². The fraction of sp³-hybridized carbons (Fsp3) is 0.167. The van der Waals surface area contributed by atoms with Crippen molar-refractivity contribution < 1.29 is 4.79 Å². The second-order valence-electron chi connectivity index (χ2n) is 8.28. The van der Waals surface area contributed by atoms with E-state index in [1.54, 1.807) is 0 Å². The highest BCUT2D eigenvalue weighted by Gasteiger charge is 2.36. The molecule has 1 aliphatic rings. The van der Waals surface area contributed by atoms with Crippen LogP contribution in [0.5, 0.6) is 0 Å². The van der Waals surface area contributed by atoms with Crippen molar-refractivity contribution in [1.82, 2.24) is 0 Å². The summed E-state index contributed by atoms with van der Waals surface area (Å²) in [4.78, 5) is 13.6. The van der Waals surface area contributed by atoms with Crippen molar-refractivity contribution in [2.45, 2.75) is 33.1 Å². The van der Waals surface area contributed by atoms with Gasteiger partial charge < -0.3 is 4.90 Å². The van der Waals surface area contributed by atoms with Crippen LogP contribution < -0.4 is 4.90 Å². The molecule has 0 spiro atoms. The lowest BCUT2D eigenvalue weighted by Crippen LogP contribution is -2.16. The van der Waals surface area contributed by atoms with E-state index in [9.17, 15) is 4.79 Å². The van der Waals surface area contributed by atoms with Crippen molar-refractivity contribution in [3.63, 3.8) is 0 Å². The van der Waals surface area contributed by atoms with Gasteiger partial charge in [0.05, 0.1) is 0 Å². The molecule has 0 saturated heterocycles. The number of hydrogen-bond acceptors (Lipinski definition) is 2. The van der Waals surface area contributed by atoms with Gasteiger partial charge >= 0.3 is 0 Å². The lowest BCUT2D eigenvalue weighted by Gasteiger charge is -2.28. The van der Waals surface area contributed by atoms with Gasteiger partial charge in [0.2, 0.25) is 0 Å². The molecule has 0 fully saturated rings. The zero-order valence-corrected chi connectivity index (χ0v) is 19.2. The van der Waals surface area contributed by atoms with Gasteiger partial charge in [0.25, 0.3) is 0 Å². The van der Waals surface area contributed by atoms with E-state index in [-0.39, 0.29) is 5.41 Å². The van der Waals surface area contributed by atoms with Gasteiger partial charge in [-0.25, -0.2) is 0 Å². The number of carbonyl (C=O) groups is 1. The van der Waals surface area contributed by atoms with Crippen LogP contribution in [0.4, 0.5) is 17.1 Å². The summed E-state index contributed by atoms with van der Waals surface area (Å²) in [7, 11) is 0. The van der Waals surface area contributed by atoms with Crippen molar-refractivity contribution in [3.05, 3.63) is 114 Å². The lowest BCUT2D eigenvalue weighted by atomic mass is 9.82. The Morgan fingerprint density at radius 3 is 1.66 bits per heavy atom. The molecular weight excluding hydrogens is 390 g/mol. The van der Waals surface area contributed by atoms with Crippen LogP contribution in [0.3, 0.4) is 0 Å². The molecule has 160 valence electrons. The summed E-state index contributed by atoms with van der Waals surface area (Å²) in [5.41, 5.74) is 8.90. The predicted molar refractivity (Wildman–Crippen MR) is 135 cm³/mol. The minimum Gasteiger partial charge on any atom is -0.310 e. The minimum atomic E-state index is -0.168. The van der Waals surface area contributed by atoms with E-state index in [0.29, 0.717) is 0 Å². The first-order valence-corrected chi connectivity index (χ1v) is 11.2. The van der Waals surface area contributed by atoms with Crippen LogP contribution in [0.2, 0.25) is 0 Å². The molecule has 0 amide bonds. The van der Waals surface area contributed by atoms with E-state index in [0.717, 1.165) is 28.9 Å². The molecule has 0 unspecified atom stereocenters. The second-order valence-corrected chi connectivity index (χ2v) is 8.28. The number of benzene rings is 4. The van der Waals surface area contributed by atoms with E-state index in [2.05, 4.69) is 91.5 Å². The summed E-state index contributed by atoms with van der Waals surface area (Å²) >= 11 is 0. The van der Waals surface area contributed by atoms with E-state index in [1.165, 1.54) is 22.3 Å². The Hall–Kier alpha value is -3.65. The summed E-state index contributed by atoms with van der Waals surface area (Å²) in [6.45, 7) is 8.48. The maximum absolute atomic E-state index is 11.3. The summed E-state index contributed by atoms with van der Waals surface area (Å²) in [5.74, 6) is 0. The SMILES string of the molecule is CC.CC1(C)c2cc(C=O)ccc2-c2ccc(N(c3ccccc3)c3ccccc3)cc21. The number of nitrogens with zero attached hydrogens (tertiary/aromatic N) is 1. The first-order valence-electron chi connectivity index (χ1n) is 11.2. The molecule has 0 aromatic heterocycles. The average Bonchev–Trinajstić information content (AvgIpc) is 3.08. The van der Waals surface area contributed by atoms with Crippen LogP contribution in [0.1, 0.15) is 49.2 Å². The smallest absolute Gasteiger partial charge is 0.150 e. The summed E-state index contributed by atoms with van der Waals surface area (Å²) in [6.07, 6.45) is 0.928. The van der Waals surface area contributed by atoms with Gasteiger partial charge in [-0.2, -0.15) is 0 Å². The first kappa shape index (κ1) is 21.6. The highest BCUT2D eigenvalue weighted by Crippen LogP contribution is 2.50. The van der Waals surface area contributed by atoms with Crippen LogP contribution in [-0.2, 0) is 5.41 Å². The molecule has 32 heavy (non-hydrogen) atoms. The molecule has 0 saturated carbocycles. The molecule has 4 aromatic carbocycles. The Morgan fingerprint density at radius 2 is 1.12 bits per heavy atom. The Kier molecular flexibility index (Phi) is 5.96. The zero-order chi connectivity index (χ0) is 22.7. The van der Waals surface area contributed by atoms with Crippen LogP contribution in [0.15, 0.2) is 97.1 Å². The molecule has 2 heteroatoms. The van der Waals surface area contributed by atoms with Crippen LogP contribution in [0.25, 0.3) is 11.1 Å². The Morgan fingerprint density at radius 1 is 0.625 bits per heavy atom. The van der Waals surface area contributed by atoms with E-state index < -0.39 is 0 Å². The number of hydrogen-bond donors (Lipinski definition) is 0. The van der Waals surface area contributed by atoms with Crippen molar-refractivity contribution >= 4 is 23.3 Å². The average molecular weight is 420 g/mol. The third-order valence-corrected chi connectivity index (χ3v) is 6.11. The standard InChI is InChI=1S/C28H23NO.C2H6/c1-28(2)26-17-20(19-30)13-15-24(26)25-16-14-23(18-27(25)28)29(21-9-5-3-6-10-21)22-11-7-4-8-12-22;1-2/h3-19H,1-2H3;1-2H3. The Balaban J connectivity index is 0.00000119. The van der Waals surface area contributed by atoms with Gasteiger partial charge in [-0.3, -0.25) is 4.79 Å². The van der Waals surface area contributed by atoms with Crippen LogP contribution in [-0.4, -0.2) is 6.29 Å². The van der Waals surface area contributed by atoms with Gasteiger partial charge in [0.1, 0.15) is 6.29 Å². The topological polar surface area (TPSA) is 20.3 Å². The summed E-state index contributed by atoms with van der Waals surface area (Å²) in [6, 6.07) is 33.6. The summed E-state index contributed by atoms with van der Waals surface area (Å²) < 4.78 is 0. The molecule has 0 aliphatic heterocycles. The van der Waals surface area contributed by atoms with Crippen molar-refractivity contribution in [1.29, 1.82) is 0 Å². The Bertz CT molecular complexity index is 1190. The number of fused-ring (bicyclic) bond motifs is 3. The quantitative estimate of drug-likeness (QED) is 0.310. The molecule has 0 radical (unpaired) electrons. The normalized spacial score (nSPS) is 12.8. The molecule has 1 aliphatic carbocycles. The fourth-order valence-corrected chi connectivity index (χ4v) is 4.56. The molecule has 0 atom stereocenters. The van der Waals surface area contributed by atoms with Crippen LogP contribution >= 0.6 is 0 Å². The number of aldehydes is 1. The first-order chi connectivity index (χ1) is 15.6. The second kappa shape index (κ2) is 8.84. The molecule has 2 nitrogen and oxygen atoms in total. The largest absolute Gasteiger partial charge is 0.310 e. The molecule has 0 N–H and O–H groups in total. The predicted octanol–water partition coefficient (Wildman–Crippen LogP) is 8.30. The van der Waals surface area contributed by atoms with Crippen molar-refractivity contribution in [3.8, 4) is 11.1 Å². The third kappa shape index (κ3) is 3.62. The third-order valence-electron chi connectivity index (χ3n) is 6.11. The maximum atomic E-state index is 11.3. The fourth-order valence-electron chi connectivity index (χ4n) is 4.56. The summed E-state index contributed by atoms with van der Waals surface area (Å²) in [5, 5.41) is 0. The van der Waals surface area contributed by atoms with Gasteiger partial charge in [-0.1, -0.05) is 82.3 Å². The maximum Gasteiger partial charge on any atom is 0.150 e. The lowest BCUT2D eigenvalue weighted by molar-refractivity contribution is 0.112. The molecule has 5 rings (SSSR count). The van der Waals surface area contributed by atoms with Gasteiger partial charge in [-0.15, -0.1) is 0 Å². The van der Waals surface area contributed by atoms with Crippen molar-refractivity contribution in [2.24, 2.45) is 0 Å². The number of rotatable bonds is 4. The van der Waals surface area contributed by atoms with Gasteiger partial charge in [0, 0.05) is 28.0 Å². The number of anilines is 3. The molecular formula is C30H29NO. The van der Waals surface area contributed by atoms with Crippen molar-refractivity contribution in [2.75, 3.05) is 4.90 Å². The molecule has 0 heterocycles. The van der Waals surface area contributed by atoms with Gasteiger partial charge in [0.15, 0.2) is 0 Å². The van der Waals surface area contributed by atoms with Gasteiger partial charge in [-0.05, 0) is 64.7 Å². The van der Waals surface area contributed by atoms with E-state index >= 15 is 0 Å². The number of carbonyl (C=O) groups excluding carboxylic acids is 1. The highest BCUT2D eigenvalue weighted by molar-refractivity contribution is 5.87. The molecule has 0 bridgehead atoms. The van der Waals surface area contributed by atoms with E-state index in [4.69, 9.17) is 0 Å². The zero-order valence-electron chi connectivity index (χ0n) is 19.2. The minimum absolute atomic E-state index is 0.168. The monoisotopic (exact) mass is 419 g/mol. The van der Waals surface area contributed by atoms with Crippen LogP contribution in [0, 0.1) is 0 Å². The highest BCUT2D eigenvalue weighted by atomic mass is 16.1. The number of para-hydroxylation sites is 2. The molecule has 4 aromatic rings. The van der Waals surface area contributed by atoms with E-state index in [1.807, 2.05) is 38.1 Å².